The van der Waals surface area contributed by atoms with Crippen molar-refractivity contribution in [1.29, 1.82) is 0 Å². The smallest absolute Gasteiger partial charge is 0.319 e. The van der Waals surface area contributed by atoms with Gasteiger partial charge in [-0.1, -0.05) is 54.7 Å². The molecular weight excluding hydrogens is 343 g/mol. The van der Waals surface area contributed by atoms with E-state index >= 15 is 0 Å². The Bertz CT molecular complexity index is 717. The molecule has 0 bridgehead atoms. The normalized spacial score (nSPS) is 10.5. The summed E-state index contributed by atoms with van der Waals surface area (Å²) in [5.41, 5.74) is 3.99. The van der Waals surface area contributed by atoms with Crippen LogP contribution in [0.25, 0.3) is 0 Å². The lowest BCUT2D eigenvalue weighted by atomic mass is 10.0. The van der Waals surface area contributed by atoms with Crippen molar-refractivity contribution in [3.63, 3.8) is 0 Å². The van der Waals surface area contributed by atoms with Crippen molar-refractivity contribution >= 4 is 34.9 Å². The minimum Gasteiger partial charge on any atom is -0.334 e. The van der Waals surface area contributed by atoms with Gasteiger partial charge in [0.05, 0.1) is 0 Å². The number of urea groups is 1. The van der Waals surface area contributed by atoms with E-state index in [1.165, 1.54) is 18.4 Å². The standard InChI is InChI=1S/C19H22Cl2N2O/c1-3-4-5-14-6-9-18(13(2)10-14)23-19(24)22-12-15-7-8-16(20)11-17(15)21/h6-11H,3-5,12H2,1-2H3,(H2,22,23,24). The van der Waals surface area contributed by atoms with Gasteiger partial charge < -0.3 is 10.6 Å². The van der Waals surface area contributed by atoms with Gasteiger partial charge in [-0.3, -0.25) is 0 Å². The highest BCUT2D eigenvalue weighted by atomic mass is 35.5. The van der Waals surface area contributed by atoms with E-state index in [0.717, 1.165) is 23.2 Å². The molecule has 0 aliphatic rings. The zero-order valence-corrected chi connectivity index (χ0v) is 15.5. The van der Waals surface area contributed by atoms with Crippen LogP contribution in [0.4, 0.5) is 10.5 Å². The predicted octanol–water partition coefficient (Wildman–Crippen LogP) is 5.97. The van der Waals surface area contributed by atoms with Crippen LogP contribution in [0.3, 0.4) is 0 Å². The molecule has 0 spiro atoms. The van der Waals surface area contributed by atoms with E-state index < -0.39 is 0 Å². The van der Waals surface area contributed by atoms with E-state index in [1.54, 1.807) is 18.2 Å². The van der Waals surface area contributed by atoms with Crippen molar-refractivity contribution in [2.45, 2.75) is 39.7 Å². The second-order valence-corrected chi connectivity index (χ2v) is 6.64. The zero-order chi connectivity index (χ0) is 17.5. The number of amides is 2. The van der Waals surface area contributed by atoms with Crippen LogP contribution < -0.4 is 10.6 Å². The molecule has 0 aromatic heterocycles. The fourth-order valence-electron chi connectivity index (χ4n) is 2.41. The van der Waals surface area contributed by atoms with Crippen molar-refractivity contribution in [3.05, 3.63) is 63.1 Å². The minimum atomic E-state index is -0.259. The number of hydrogen-bond donors (Lipinski definition) is 2. The predicted molar refractivity (Wildman–Crippen MR) is 102 cm³/mol. The van der Waals surface area contributed by atoms with Crippen molar-refractivity contribution in [1.82, 2.24) is 5.32 Å². The molecule has 2 aromatic carbocycles. The Morgan fingerprint density at radius 3 is 2.58 bits per heavy atom. The summed E-state index contributed by atoms with van der Waals surface area (Å²) in [4.78, 5) is 12.1. The van der Waals surface area contributed by atoms with E-state index in [2.05, 4.69) is 29.7 Å². The number of rotatable bonds is 6. The molecule has 0 atom stereocenters. The van der Waals surface area contributed by atoms with E-state index in [1.807, 2.05) is 13.0 Å². The van der Waals surface area contributed by atoms with Crippen LogP contribution in [0.15, 0.2) is 36.4 Å². The highest BCUT2D eigenvalue weighted by Gasteiger charge is 2.07. The van der Waals surface area contributed by atoms with E-state index in [0.29, 0.717) is 16.6 Å². The summed E-state index contributed by atoms with van der Waals surface area (Å²) in [7, 11) is 0. The van der Waals surface area contributed by atoms with Gasteiger partial charge in [0.15, 0.2) is 0 Å². The van der Waals surface area contributed by atoms with Gasteiger partial charge >= 0.3 is 6.03 Å². The maximum Gasteiger partial charge on any atom is 0.319 e. The Hall–Kier alpha value is -1.71. The molecule has 0 radical (unpaired) electrons. The van der Waals surface area contributed by atoms with Gasteiger partial charge in [0.1, 0.15) is 0 Å². The summed E-state index contributed by atoms with van der Waals surface area (Å²) in [5.74, 6) is 0. The molecular formula is C19H22Cl2N2O. The van der Waals surface area contributed by atoms with Gasteiger partial charge in [0.2, 0.25) is 0 Å². The average molecular weight is 365 g/mol. The molecule has 2 amide bonds. The molecule has 2 aromatic rings. The van der Waals surface area contributed by atoms with Gasteiger partial charge in [-0.05, 0) is 54.7 Å². The lowest BCUT2D eigenvalue weighted by Gasteiger charge is -2.12. The van der Waals surface area contributed by atoms with Gasteiger partial charge in [-0.15, -0.1) is 0 Å². The van der Waals surface area contributed by atoms with Crippen molar-refractivity contribution < 1.29 is 4.79 Å². The van der Waals surface area contributed by atoms with Gasteiger partial charge in [0, 0.05) is 22.3 Å². The van der Waals surface area contributed by atoms with Gasteiger partial charge in [0.25, 0.3) is 0 Å². The third kappa shape index (κ3) is 5.43. The zero-order valence-electron chi connectivity index (χ0n) is 14.0. The number of hydrogen-bond acceptors (Lipinski definition) is 1. The monoisotopic (exact) mass is 364 g/mol. The molecule has 2 N–H and O–H groups in total. The first-order valence-corrected chi connectivity index (χ1v) is 8.83. The van der Waals surface area contributed by atoms with E-state index in [4.69, 9.17) is 23.2 Å². The van der Waals surface area contributed by atoms with Crippen LogP contribution in [-0.4, -0.2) is 6.03 Å². The quantitative estimate of drug-likeness (QED) is 0.651. The second-order valence-electron chi connectivity index (χ2n) is 5.80. The number of halogens is 2. The van der Waals surface area contributed by atoms with E-state index in [9.17, 15) is 4.79 Å². The molecule has 5 heteroatoms. The largest absolute Gasteiger partial charge is 0.334 e. The lowest BCUT2D eigenvalue weighted by molar-refractivity contribution is 0.251. The number of anilines is 1. The number of aryl methyl sites for hydroxylation is 2. The fourth-order valence-corrected chi connectivity index (χ4v) is 2.88. The Morgan fingerprint density at radius 1 is 1.12 bits per heavy atom. The number of nitrogens with one attached hydrogen (secondary N) is 2. The SMILES string of the molecule is CCCCc1ccc(NC(=O)NCc2ccc(Cl)cc2Cl)c(C)c1. The summed E-state index contributed by atoms with van der Waals surface area (Å²) >= 11 is 12.0. The second kappa shape index (κ2) is 8.95. The summed E-state index contributed by atoms with van der Waals surface area (Å²) in [6.07, 6.45) is 3.42. The molecule has 0 saturated heterocycles. The molecule has 0 unspecified atom stereocenters. The lowest BCUT2D eigenvalue weighted by Crippen LogP contribution is -2.28. The molecule has 0 aliphatic heterocycles. The van der Waals surface area contributed by atoms with Crippen LogP contribution in [-0.2, 0) is 13.0 Å². The first-order valence-electron chi connectivity index (χ1n) is 8.08. The number of benzene rings is 2. The highest BCUT2D eigenvalue weighted by molar-refractivity contribution is 6.35. The molecule has 24 heavy (non-hydrogen) atoms. The Balaban J connectivity index is 1.92. The van der Waals surface area contributed by atoms with Gasteiger partial charge in [-0.25, -0.2) is 4.79 Å². The summed E-state index contributed by atoms with van der Waals surface area (Å²) in [5, 5.41) is 6.80. The fraction of sp³-hybridized carbons (Fsp3) is 0.316. The van der Waals surface area contributed by atoms with Crippen LogP contribution in [0.1, 0.15) is 36.5 Å². The Labute approximate surface area is 153 Å². The van der Waals surface area contributed by atoms with Crippen molar-refractivity contribution in [2.75, 3.05) is 5.32 Å². The first-order chi connectivity index (χ1) is 11.5. The topological polar surface area (TPSA) is 41.1 Å². The van der Waals surface area contributed by atoms with Gasteiger partial charge in [-0.2, -0.15) is 0 Å². The van der Waals surface area contributed by atoms with Crippen LogP contribution in [0.5, 0.6) is 0 Å². The molecule has 0 saturated carbocycles. The summed E-state index contributed by atoms with van der Waals surface area (Å²) in [6, 6.07) is 11.1. The number of unbranched alkanes of at least 4 members (excludes halogenated alkanes) is 1. The minimum absolute atomic E-state index is 0.259. The molecule has 0 heterocycles. The van der Waals surface area contributed by atoms with Crippen molar-refractivity contribution in [3.8, 4) is 0 Å². The molecule has 0 aliphatic carbocycles. The van der Waals surface area contributed by atoms with Crippen molar-refractivity contribution in [2.24, 2.45) is 0 Å². The number of carbonyl (C=O) groups is 1. The van der Waals surface area contributed by atoms with Crippen LogP contribution in [0, 0.1) is 6.92 Å². The maximum absolute atomic E-state index is 12.1. The van der Waals surface area contributed by atoms with Crippen LogP contribution >= 0.6 is 23.2 Å². The van der Waals surface area contributed by atoms with E-state index in [-0.39, 0.29) is 6.03 Å². The Morgan fingerprint density at radius 2 is 1.92 bits per heavy atom. The van der Waals surface area contributed by atoms with Crippen LogP contribution in [0.2, 0.25) is 10.0 Å². The molecule has 0 fully saturated rings. The summed E-state index contributed by atoms with van der Waals surface area (Å²) in [6.45, 7) is 4.52. The Kier molecular flexibility index (Phi) is 6.95. The molecule has 3 nitrogen and oxygen atoms in total. The number of carbonyl (C=O) groups excluding carboxylic acids is 1. The summed E-state index contributed by atoms with van der Waals surface area (Å²) < 4.78 is 0. The average Bonchev–Trinajstić information content (AvgIpc) is 2.54. The molecule has 2 rings (SSSR count). The first kappa shape index (κ1) is 18.6. The maximum atomic E-state index is 12.1. The molecule has 128 valence electrons. The third-order valence-corrected chi connectivity index (χ3v) is 4.40. The third-order valence-electron chi connectivity index (χ3n) is 3.81. The highest BCUT2D eigenvalue weighted by Crippen LogP contribution is 2.21.